The Morgan fingerprint density at radius 1 is 0.571 bits per heavy atom. The van der Waals surface area contributed by atoms with E-state index >= 15 is 0 Å². The molecule has 0 aliphatic heterocycles. The van der Waals surface area contributed by atoms with E-state index in [0.717, 1.165) is 67.3 Å². The zero-order valence-corrected chi connectivity index (χ0v) is 24.9. The number of benzene rings is 5. The molecule has 1 aliphatic carbocycles. The summed E-state index contributed by atoms with van der Waals surface area (Å²) >= 11 is 0. The SMILES string of the molecule is COc1ccc(C(=O)c2cccc3c2-c2ccccc2C3(c2ccc(OC)c(C)c2)c2ccc(OC)c(C)c2)cc1C. The molecule has 5 aromatic carbocycles. The van der Waals surface area contributed by atoms with Crippen LogP contribution in [-0.4, -0.2) is 27.1 Å². The summed E-state index contributed by atoms with van der Waals surface area (Å²) < 4.78 is 16.7. The second kappa shape index (κ2) is 10.5. The van der Waals surface area contributed by atoms with Crippen LogP contribution in [0.25, 0.3) is 11.1 Å². The number of fused-ring (bicyclic) bond motifs is 3. The molecule has 0 aromatic heterocycles. The third-order valence-electron chi connectivity index (χ3n) is 8.63. The van der Waals surface area contributed by atoms with Gasteiger partial charge in [0.25, 0.3) is 0 Å². The van der Waals surface area contributed by atoms with E-state index in [9.17, 15) is 4.79 Å². The summed E-state index contributed by atoms with van der Waals surface area (Å²) in [6.07, 6.45) is 0. The van der Waals surface area contributed by atoms with Crippen LogP contribution in [0.1, 0.15) is 54.9 Å². The van der Waals surface area contributed by atoms with Crippen molar-refractivity contribution in [2.45, 2.75) is 26.2 Å². The zero-order valence-electron chi connectivity index (χ0n) is 24.9. The Bertz CT molecular complexity index is 1800. The Labute approximate surface area is 247 Å². The first-order valence-corrected chi connectivity index (χ1v) is 14.1. The highest BCUT2D eigenvalue weighted by molar-refractivity contribution is 6.14. The number of carbonyl (C=O) groups excluding carboxylic acids is 1. The van der Waals surface area contributed by atoms with Gasteiger partial charge in [-0.05, 0) is 101 Å². The quantitative estimate of drug-likeness (QED) is 0.187. The van der Waals surface area contributed by atoms with E-state index in [1.807, 2.05) is 49.4 Å². The first-order chi connectivity index (χ1) is 20.3. The summed E-state index contributed by atoms with van der Waals surface area (Å²) in [4.78, 5) is 14.3. The fourth-order valence-electron chi connectivity index (χ4n) is 6.70. The van der Waals surface area contributed by atoms with Gasteiger partial charge in [-0.1, -0.05) is 66.7 Å². The number of rotatable bonds is 7. The number of hydrogen-bond acceptors (Lipinski definition) is 4. The van der Waals surface area contributed by atoms with Gasteiger partial charge in [0.1, 0.15) is 17.2 Å². The van der Waals surface area contributed by atoms with Crippen LogP contribution in [-0.2, 0) is 5.41 Å². The van der Waals surface area contributed by atoms with Gasteiger partial charge in [-0.15, -0.1) is 0 Å². The normalized spacial score (nSPS) is 12.8. The van der Waals surface area contributed by atoms with Crippen LogP contribution < -0.4 is 14.2 Å². The third kappa shape index (κ3) is 4.01. The second-order valence-electron chi connectivity index (χ2n) is 10.9. The summed E-state index contributed by atoms with van der Waals surface area (Å²) in [6, 6.07) is 33.0. The van der Waals surface area contributed by atoms with Crippen LogP contribution in [0.4, 0.5) is 0 Å². The molecule has 210 valence electrons. The van der Waals surface area contributed by atoms with Gasteiger partial charge in [0, 0.05) is 11.1 Å². The van der Waals surface area contributed by atoms with Crippen molar-refractivity contribution in [1.29, 1.82) is 0 Å². The van der Waals surface area contributed by atoms with Crippen molar-refractivity contribution in [3.63, 3.8) is 0 Å². The first kappa shape index (κ1) is 27.3. The highest BCUT2D eigenvalue weighted by Crippen LogP contribution is 2.57. The average Bonchev–Trinajstić information content (AvgIpc) is 3.32. The van der Waals surface area contributed by atoms with E-state index in [0.29, 0.717) is 11.1 Å². The van der Waals surface area contributed by atoms with E-state index in [1.165, 1.54) is 0 Å². The molecule has 5 aromatic rings. The van der Waals surface area contributed by atoms with Gasteiger partial charge < -0.3 is 14.2 Å². The number of ketones is 1. The number of carbonyl (C=O) groups is 1. The van der Waals surface area contributed by atoms with Crippen molar-refractivity contribution >= 4 is 5.78 Å². The van der Waals surface area contributed by atoms with E-state index in [1.54, 1.807) is 21.3 Å². The molecule has 4 heteroatoms. The lowest BCUT2D eigenvalue weighted by molar-refractivity contribution is 0.103. The van der Waals surface area contributed by atoms with Gasteiger partial charge in [-0.3, -0.25) is 4.79 Å². The van der Waals surface area contributed by atoms with Crippen LogP contribution in [0.15, 0.2) is 97.1 Å². The van der Waals surface area contributed by atoms with Crippen molar-refractivity contribution < 1.29 is 19.0 Å². The fraction of sp³-hybridized carbons (Fsp3) is 0.184. The molecule has 0 N–H and O–H groups in total. The number of methoxy groups -OCH3 is 3. The summed E-state index contributed by atoms with van der Waals surface area (Å²) in [6.45, 7) is 6.11. The molecule has 0 saturated heterocycles. The number of ether oxygens (including phenoxy) is 3. The monoisotopic (exact) mass is 554 g/mol. The summed E-state index contributed by atoms with van der Waals surface area (Å²) in [5.41, 5.74) is 10.1. The minimum absolute atomic E-state index is 0.0139. The van der Waals surface area contributed by atoms with Crippen LogP contribution in [0, 0.1) is 20.8 Å². The van der Waals surface area contributed by atoms with Crippen molar-refractivity contribution in [1.82, 2.24) is 0 Å². The largest absolute Gasteiger partial charge is 0.496 e. The Morgan fingerprint density at radius 3 is 1.64 bits per heavy atom. The maximum absolute atomic E-state index is 14.3. The minimum atomic E-state index is -0.661. The molecule has 6 rings (SSSR count). The molecule has 4 nitrogen and oxygen atoms in total. The van der Waals surface area contributed by atoms with E-state index in [4.69, 9.17) is 14.2 Å². The molecular weight excluding hydrogens is 520 g/mol. The molecule has 0 fully saturated rings. The van der Waals surface area contributed by atoms with Crippen molar-refractivity contribution in [3.05, 3.63) is 147 Å². The molecule has 0 heterocycles. The maximum Gasteiger partial charge on any atom is 0.193 e. The number of hydrogen-bond donors (Lipinski definition) is 0. The van der Waals surface area contributed by atoms with E-state index in [-0.39, 0.29) is 5.78 Å². The van der Waals surface area contributed by atoms with Gasteiger partial charge >= 0.3 is 0 Å². The zero-order chi connectivity index (χ0) is 29.6. The molecule has 0 saturated carbocycles. The molecule has 0 bridgehead atoms. The smallest absolute Gasteiger partial charge is 0.193 e. The Morgan fingerprint density at radius 2 is 1.10 bits per heavy atom. The summed E-state index contributed by atoms with van der Waals surface area (Å²) in [5.74, 6) is 2.43. The predicted molar refractivity (Wildman–Crippen MR) is 167 cm³/mol. The Hall–Kier alpha value is -4.83. The highest BCUT2D eigenvalue weighted by atomic mass is 16.5. The Kier molecular flexibility index (Phi) is 6.86. The predicted octanol–water partition coefficient (Wildman–Crippen LogP) is 8.23. The van der Waals surface area contributed by atoms with E-state index in [2.05, 4.69) is 68.4 Å². The van der Waals surface area contributed by atoms with Gasteiger partial charge in [0.15, 0.2) is 5.78 Å². The van der Waals surface area contributed by atoms with E-state index < -0.39 is 5.41 Å². The highest BCUT2D eigenvalue weighted by Gasteiger charge is 2.47. The minimum Gasteiger partial charge on any atom is -0.496 e. The molecule has 1 aliphatic rings. The summed E-state index contributed by atoms with van der Waals surface area (Å²) in [7, 11) is 5.04. The second-order valence-corrected chi connectivity index (χ2v) is 10.9. The molecule has 0 amide bonds. The third-order valence-corrected chi connectivity index (χ3v) is 8.63. The topological polar surface area (TPSA) is 44.8 Å². The van der Waals surface area contributed by atoms with Gasteiger partial charge in [0.05, 0.1) is 26.7 Å². The van der Waals surface area contributed by atoms with Crippen molar-refractivity contribution in [2.24, 2.45) is 0 Å². The van der Waals surface area contributed by atoms with Gasteiger partial charge in [-0.2, -0.15) is 0 Å². The molecule has 0 unspecified atom stereocenters. The summed E-state index contributed by atoms with van der Waals surface area (Å²) in [5, 5.41) is 0. The molecule has 0 radical (unpaired) electrons. The average molecular weight is 555 g/mol. The molecule has 42 heavy (non-hydrogen) atoms. The standard InChI is InChI=1S/C38H34O4/c1-23-20-26(14-17-33(23)40-4)37(39)30-11-9-13-32-36(30)29-10-7-8-12-31(29)38(32,27-15-18-34(41-5)24(2)21-27)28-16-19-35(42-6)25(3)22-28/h7-22H,1-6H3. The van der Waals surface area contributed by atoms with Crippen LogP contribution >= 0.6 is 0 Å². The van der Waals surface area contributed by atoms with Crippen LogP contribution in [0.3, 0.4) is 0 Å². The maximum atomic E-state index is 14.3. The van der Waals surface area contributed by atoms with Crippen LogP contribution in [0.5, 0.6) is 17.2 Å². The van der Waals surface area contributed by atoms with Gasteiger partial charge in [-0.25, -0.2) is 0 Å². The lowest BCUT2D eigenvalue weighted by atomic mass is 9.67. The van der Waals surface area contributed by atoms with Crippen molar-refractivity contribution in [3.8, 4) is 28.4 Å². The Balaban J connectivity index is 1.69. The lowest BCUT2D eigenvalue weighted by Gasteiger charge is -2.34. The fourth-order valence-corrected chi connectivity index (χ4v) is 6.70. The van der Waals surface area contributed by atoms with Gasteiger partial charge in [0.2, 0.25) is 0 Å². The van der Waals surface area contributed by atoms with Crippen LogP contribution in [0.2, 0.25) is 0 Å². The molecule has 0 spiro atoms. The number of aryl methyl sites for hydroxylation is 3. The van der Waals surface area contributed by atoms with Crippen molar-refractivity contribution in [2.75, 3.05) is 21.3 Å². The first-order valence-electron chi connectivity index (χ1n) is 14.1. The lowest BCUT2D eigenvalue weighted by Crippen LogP contribution is -2.29. The molecule has 0 atom stereocenters. The molecular formula is C38H34O4.